The Morgan fingerprint density at radius 2 is 1.71 bits per heavy atom. The van der Waals surface area contributed by atoms with Crippen LogP contribution in [0.5, 0.6) is 0 Å². The fraction of sp³-hybridized carbons (Fsp3) is 0.333. The number of ether oxygens (including phenoxy) is 1. The van der Waals surface area contributed by atoms with E-state index in [1.54, 1.807) is 7.05 Å². The highest BCUT2D eigenvalue weighted by Crippen LogP contribution is 2.22. The van der Waals surface area contributed by atoms with Gasteiger partial charge in [-0.3, -0.25) is 0 Å². The summed E-state index contributed by atoms with van der Waals surface area (Å²) < 4.78 is 5.38. The van der Waals surface area contributed by atoms with Crippen molar-refractivity contribution in [2.45, 2.75) is 38.8 Å². The molecule has 146 valence electrons. The molecule has 0 aliphatic rings. The van der Waals surface area contributed by atoms with Crippen LogP contribution < -0.4 is 5.32 Å². The minimum Gasteiger partial charge on any atom is -0.444 e. The highest BCUT2D eigenvalue weighted by molar-refractivity contribution is 5.68. The lowest BCUT2D eigenvalue weighted by Gasteiger charge is -2.22. The second-order valence-electron chi connectivity index (χ2n) is 7.60. The van der Waals surface area contributed by atoms with Gasteiger partial charge in [0.05, 0.1) is 7.05 Å². The lowest BCUT2D eigenvalue weighted by molar-refractivity contribution is 0.0501. The molecule has 0 aliphatic heterocycles. The molecular weight excluding hydrogens is 354 g/mol. The van der Waals surface area contributed by atoms with E-state index in [4.69, 9.17) is 4.74 Å². The van der Waals surface area contributed by atoms with Gasteiger partial charge in [-0.1, -0.05) is 54.6 Å². The lowest BCUT2D eigenvalue weighted by atomic mass is 10.0. The zero-order valence-corrected chi connectivity index (χ0v) is 16.6. The van der Waals surface area contributed by atoms with Gasteiger partial charge >= 0.3 is 6.09 Å². The van der Waals surface area contributed by atoms with Crippen LogP contribution >= 0.6 is 0 Å². The van der Waals surface area contributed by atoms with Crippen molar-refractivity contribution in [3.8, 4) is 11.1 Å². The summed E-state index contributed by atoms with van der Waals surface area (Å²) >= 11 is 0. The van der Waals surface area contributed by atoms with Gasteiger partial charge in [-0.15, -0.1) is 10.2 Å². The van der Waals surface area contributed by atoms with Crippen molar-refractivity contribution in [3.05, 3.63) is 66.0 Å². The molecule has 0 saturated heterocycles. The van der Waals surface area contributed by atoms with E-state index in [0.29, 0.717) is 12.2 Å². The third kappa shape index (κ3) is 5.39. The number of amides is 1. The van der Waals surface area contributed by atoms with Crippen LogP contribution in [0.3, 0.4) is 0 Å². The largest absolute Gasteiger partial charge is 0.444 e. The molecule has 0 bridgehead atoms. The van der Waals surface area contributed by atoms with Gasteiger partial charge in [0.1, 0.15) is 11.6 Å². The summed E-state index contributed by atoms with van der Waals surface area (Å²) in [5.74, 6) is 0.445. The van der Waals surface area contributed by atoms with Crippen molar-refractivity contribution in [2.24, 2.45) is 7.05 Å². The topological polar surface area (TPSA) is 81.9 Å². The molecule has 7 nitrogen and oxygen atoms in total. The molecule has 1 amide bonds. The highest BCUT2D eigenvalue weighted by Gasteiger charge is 2.24. The van der Waals surface area contributed by atoms with E-state index < -0.39 is 17.7 Å². The monoisotopic (exact) mass is 379 g/mol. The minimum absolute atomic E-state index is 0.439. The Morgan fingerprint density at radius 1 is 1.07 bits per heavy atom. The van der Waals surface area contributed by atoms with Crippen LogP contribution in [0.15, 0.2) is 54.6 Å². The van der Waals surface area contributed by atoms with Crippen LogP contribution in [0.2, 0.25) is 0 Å². The molecule has 0 fully saturated rings. The smallest absolute Gasteiger partial charge is 0.408 e. The number of benzene rings is 2. The fourth-order valence-electron chi connectivity index (χ4n) is 2.79. The molecule has 0 radical (unpaired) electrons. The van der Waals surface area contributed by atoms with Crippen LogP contribution in [0, 0.1) is 0 Å². The Morgan fingerprint density at radius 3 is 2.29 bits per heavy atom. The Kier molecular flexibility index (Phi) is 5.73. The number of carbonyl (C=O) groups excluding carboxylic acids is 1. The molecule has 1 atom stereocenters. The molecule has 0 saturated carbocycles. The molecule has 3 rings (SSSR count). The molecule has 0 aliphatic carbocycles. The zero-order valence-electron chi connectivity index (χ0n) is 16.6. The van der Waals surface area contributed by atoms with Crippen molar-refractivity contribution >= 4 is 6.09 Å². The summed E-state index contributed by atoms with van der Waals surface area (Å²) in [4.78, 5) is 13.6. The third-order valence-electron chi connectivity index (χ3n) is 4.03. The molecule has 1 unspecified atom stereocenters. The van der Waals surface area contributed by atoms with Crippen molar-refractivity contribution < 1.29 is 9.53 Å². The average Bonchev–Trinajstić information content (AvgIpc) is 3.07. The van der Waals surface area contributed by atoms with Crippen molar-refractivity contribution in [1.29, 1.82) is 0 Å². The maximum atomic E-state index is 12.3. The van der Waals surface area contributed by atoms with Gasteiger partial charge in [0.2, 0.25) is 0 Å². The lowest BCUT2D eigenvalue weighted by Crippen LogP contribution is -2.36. The number of alkyl carbamates (subject to hydrolysis) is 1. The van der Waals surface area contributed by atoms with Crippen LogP contribution in [0.4, 0.5) is 4.79 Å². The number of aromatic nitrogens is 4. The van der Waals surface area contributed by atoms with Crippen molar-refractivity contribution in [2.75, 3.05) is 0 Å². The predicted molar refractivity (Wildman–Crippen MR) is 106 cm³/mol. The summed E-state index contributed by atoms with van der Waals surface area (Å²) in [6.07, 6.45) is 0.0193. The number of nitrogens with one attached hydrogen (secondary N) is 1. The van der Waals surface area contributed by atoms with E-state index in [1.807, 2.05) is 51.1 Å². The molecular formula is C21H25N5O2. The number of nitrogens with zero attached hydrogens (tertiary/aromatic N) is 4. The predicted octanol–water partition coefficient (Wildman–Crippen LogP) is 3.69. The van der Waals surface area contributed by atoms with Crippen LogP contribution in [-0.4, -0.2) is 31.9 Å². The van der Waals surface area contributed by atoms with Gasteiger partial charge < -0.3 is 10.1 Å². The standard InChI is InChI=1S/C21H25N5O2/c1-21(2,3)28-20(27)22-18(19-23-25-26(4)24-19)14-15-10-12-17(13-11-15)16-8-6-5-7-9-16/h5-13,18H,14H2,1-4H3,(H,22,27). The van der Waals surface area contributed by atoms with E-state index in [2.05, 4.69) is 45.0 Å². The third-order valence-corrected chi connectivity index (χ3v) is 4.03. The average molecular weight is 379 g/mol. The molecule has 1 heterocycles. The Labute approximate surface area is 164 Å². The molecule has 0 spiro atoms. The fourth-order valence-corrected chi connectivity index (χ4v) is 2.79. The van der Waals surface area contributed by atoms with E-state index >= 15 is 0 Å². The highest BCUT2D eigenvalue weighted by atomic mass is 16.6. The van der Waals surface area contributed by atoms with Crippen LogP contribution in [0.25, 0.3) is 11.1 Å². The number of aryl methyl sites for hydroxylation is 1. The van der Waals surface area contributed by atoms with E-state index in [9.17, 15) is 4.79 Å². The Balaban J connectivity index is 1.76. The SMILES string of the molecule is Cn1nnc(C(Cc2ccc(-c3ccccc3)cc2)NC(=O)OC(C)(C)C)n1. The van der Waals surface area contributed by atoms with E-state index in [0.717, 1.165) is 16.7 Å². The molecule has 28 heavy (non-hydrogen) atoms. The van der Waals surface area contributed by atoms with E-state index in [1.165, 1.54) is 4.80 Å². The number of rotatable bonds is 5. The molecule has 7 heteroatoms. The van der Waals surface area contributed by atoms with E-state index in [-0.39, 0.29) is 0 Å². The first kappa shape index (κ1) is 19.5. The molecule has 1 aromatic heterocycles. The zero-order chi connectivity index (χ0) is 20.1. The number of hydrogen-bond donors (Lipinski definition) is 1. The minimum atomic E-state index is -0.582. The van der Waals surface area contributed by atoms with Gasteiger partial charge in [-0.2, -0.15) is 4.80 Å². The summed E-state index contributed by atoms with van der Waals surface area (Å²) in [7, 11) is 1.69. The Bertz CT molecular complexity index is 914. The first-order chi connectivity index (χ1) is 13.3. The summed E-state index contributed by atoms with van der Waals surface area (Å²) in [6.45, 7) is 5.47. The number of carbonyl (C=O) groups is 1. The van der Waals surface area contributed by atoms with Crippen LogP contribution in [0.1, 0.15) is 38.2 Å². The summed E-state index contributed by atoms with van der Waals surface area (Å²) in [5, 5.41) is 15.0. The number of hydrogen-bond acceptors (Lipinski definition) is 5. The molecule has 2 aromatic carbocycles. The van der Waals surface area contributed by atoms with Gasteiger partial charge in [-0.05, 0) is 42.7 Å². The van der Waals surface area contributed by atoms with Gasteiger partial charge in [0, 0.05) is 6.42 Å². The van der Waals surface area contributed by atoms with Gasteiger partial charge in [0.15, 0.2) is 5.82 Å². The van der Waals surface area contributed by atoms with Crippen LogP contribution in [-0.2, 0) is 18.2 Å². The molecule has 3 aromatic rings. The first-order valence-electron chi connectivity index (χ1n) is 9.18. The first-order valence-corrected chi connectivity index (χ1v) is 9.18. The quantitative estimate of drug-likeness (QED) is 0.731. The van der Waals surface area contributed by atoms with Crippen molar-refractivity contribution in [1.82, 2.24) is 25.5 Å². The van der Waals surface area contributed by atoms with Gasteiger partial charge in [-0.25, -0.2) is 4.79 Å². The maximum Gasteiger partial charge on any atom is 0.408 e. The normalized spacial score (nSPS) is 12.4. The summed E-state index contributed by atoms with van der Waals surface area (Å²) in [5.41, 5.74) is 2.77. The second-order valence-corrected chi connectivity index (χ2v) is 7.60. The molecule has 1 N–H and O–H groups in total. The Hall–Kier alpha value is -3.22. The van der Waals surface area contributed by atoms with Gasteiger partial charge in [0.25, 0.3) is 0 Å². The maximum absolute atomic E-state index is 12.3. The van der Waals surface area contributed by atoms with Crippen molar-refractivity contribution in [3.63, 3.8) is 0 Å². The number of tetrazole rings is 1. The summed E-state index contributed by atoms with van der Waals surface area (Å²) in [6, 6.07) is 18.0. The second kappa shape index (κ2) is 8.21.